The molecule has 18 heavy (non-hydrogen) atoms. The van der Waals surface area contributed by atoms with E-state index in [-0.39, 0.29) is 11.4 Å². The normalized spacial score (nSPS) is 29.1. The van der Waals surface area contributed by atoms with Crippen LogP contribution in [-0.2, 0) is 4.79 Å². The quantitative estimate of drug-likeness (QED) is 0.699. The molecule has 0 saturated heterocycles. The molecule has 0 aromatic rings. The van der Waals surface area contributed by atoms with Crippen LogP contribution in [0.25, 0.3) is 0 Å². The Kier molecular flexibility index (Phi) is 5.17. The van der Waals surface area contributed by atoms with Gasteiger partial charge in [-0.25, -0.2) is 0 Å². The van der Waals surface area contributed by atoms with E-state index < -0.39 is 5.60 Å². The lowest BCUT2D eigenvalue weighted by Crippen LogP contribution is -2.45. The van der Waals surface area contributed by atoms with Gasteiger partial charge in [0.25, 0.3) is 0 Å². The van der Waals surface area contributed by atoms with Crippen molar-refractivity contribution in [2.24, 2.45) is 11.7 Å². The molecule has 0 atom stereocenters. The molecule has 0 heterocycles. The van der Waals surface area contributed by atoms with Gasteiger partial charge in [0.15, 0.2) is 0 Å². The summed E-state index contributed by atoms with van der Waals surface area (Å²) in [7, 11) is 0. The largest absolute Gasteiger partial charge is 0.388 e. The number of hydrogen-bond acceptors (Lipinski definition) is 3. The number of amides is 1. The SMILES string of the molecule is CC1CCC(O)(CNC(=O)CCC(C)(C)N)CC1. The fraction of sp³-hybridized carbons (Fsp3) is 0.929. The van der Waals surface area contributed by atoms with Crippen LogP contribution >= 0.6 is 0 Å². The Bertz CT molecular complexity index is 276. The van der Waals surface area contributed by atoms with Gasteiger partial charge in [-0.1, -0.05) is 6.92 Å². The first-order valence-corrected chi connectivity index (χ1v) is 6.98. The standard InChI is InChI=1S/C14H28N2O2/c1-11-4-8-14(18,9-5-11)10-16-12(17)6-7-13(2,3)15/h11,18H,4-10,15H2,1-3H3,(H,16,17). The molecule has 0 bridgehead atoms. The van der Waals surface area contributed by atoms with Gasteiger partial charge in [0.05, 0.1) is 5.60 Å². The summed E-state index contributed by atoms with van der Waals surface area (Å²) >= 11 is 0. The van der Waals surface area contributed by atoms with Crippen molar-refractivity contribution in [3.63, 3.8) is 0 Å². The molecule has 0 radical (unpaired) electrons. The molecule has 1 amide bonds. The van der Waals surface area contributed by atoms with Crippen LogP contribution in [0.3, 0.4) is 0 Å². The van der Waals surface area contributed by atoms with E-state index in [1.807, 2.05) is 13.8 Å². The van der Waals surface area contributed by atoms with Crippen LogP contribution in [0.1, 0.15) is 59.3 Å². The second-order valence-corrected chi connectivity index (χ2v) is 6.67. The monoisotopic (exact) mass is 256 g/mol. The molecule has 0 spiro atoms. The van der Waals surface area contributed by atoms with Gasteiger partial charge >= 0.3 is 0 Å². The minimum atomic E-state index is -0.694. The van der Waals surface area contributed by atoms with Gasteiger partial charge < -0.3 is 16.2 Å². The predicted molar refractivity (Wildman–Crippen MR) is 73.1 cm³/mol. The minimum absolute atomic E-state index is 0.0134. The summed E-state index contributed by atoms with van der Waals surface area (Å²) in [6.07, 6.45) is 4.75. The molecule has 1 saturated carbocycles. The highest BCUT2D eigenvalue weighted by Gasteiger charge is 2.31. The summed E-state index contributed by atoms with van der Waals surface area (Å²) in [6, 6.07) is 0. The number of aliphatic hydroxyl groups is 1. The van der Waals surface area contributed by atoms with Gasteiger partial charge in [0, 0.05) is 18.5 Å². The minimum Gasteiger partial charge on any atom is -0.388 e. The average molecular weight is 256 g/mol. The first-order valence-electron chi connectivity index (χ1n) is 6.98. The topological polar surface area (TPSA) is 75.3 Å². The van der Waals surface area contributed by atoms with Crippen molar-refractivity contribution in [2.75, 3.05) is 6.54 Å². The van der Waals surface area contributed by atoms with Crippen LogP contribution in [0, 0.1) is 5.92 Å². The maximum atomic E-state index is 11.7. The van der Waals surface area contributed by atoms with Crippen LogP contribution < -0.4 is 11.1 Å². The Morgan fingerprint density at radius 1 is 1.44 bits per heavy atom. The predicted octanol–water partition coefficient (Wildman–Crippen LogP) is 1.56. The van der Waals surface area contributed by atoms with Crippen molar-refractivity contribution in [3.8, 4) is 0 Å². The summed E-state index contributed by atoms with van der Waals surface area (Å²) in [4.78, 5) is 11.7. The van der Waals surface area contributed by atoms with Crippen molar-refractivity contribution in [1.82, 2.24) is 5.32 Å². The van der Waals surface area contributed by atoms with E-state index in [1.165, 1.54) is 0 Å². The van der Waals surface area contributed by atoms with Gasteiger partial charge in [0.2, 0.25) is 5.91 Å². The number of hydrogen-bond donors (Lipinski definition) is 3. The third-order valence-electron chi connectivity index (χ3n) is 3.82. The van der Waals surface area contributed by atoms with Crippen LogP contribution in [0.4, 0.5) is 0 Å². The van der Waals surface area contributed by atoms with E-state index in [4.69, 9.17) is 5.73 Å². The third-order valence-corrected chi connectivity index (χ3v) is 3.82. The zero-order chi connectivity index (χ0) is 13.8. The van der Waals surface area contributed by atoms with Crippen molar-refractivity contribution in [1.29, 1.82) is 0 Å². The molecule has 4 nitrogen and oxygen atoms in total. The molecule has 0 aromatic heterocycles. The molecule has 0 aromatic carbocycles. The zero-order valence-electron chi connectivity index (χ0n) is 12.0. The summed E-state index contributed by atoms with van der Waals surface area (Å²) in [5, 5.41) is 13.2. The van der Waals surface area contributed by atoms with E-state index >= 15 is 0 Å². The average Bonchev–Trinajstić information content (AvgIpc) is 2.27. The first-order chi connectivity index (χ1) is 8.20. The molecule has 4 N–H and O–H groups in total. The van der Waals surface area contributed by atoms with Gasteiger partial charge in [0.1, 0.15) is 0 Å². The molecule has 106 valence electrons. The third kappa shape index (κ3) is 5.83. The summed E-state index contributed by atoms with van der Waals surface area (Å²) < 4.78 is 0. The highest BCUT2D eigenvalue weighted by atomic mass is 16.3. The fourth-order valence-electron chi connectivity index (χ4n) is 2.26. The second-order valence-electron chi connectivity index (χ2n) is 6.67. The highest BCUT2D eigenvalue weighted by Crippen LogP contribution is 2.31. The highest BCUT2D eigenvalue weighted by molar-refractivity contribution is 5.76. The Morgan fingerprint density at radius 2 is 2.00 bits per heavy atom. The smallest absolute Gasteiger partial charge is 0.220 e. The van der Waals surface area contributed by atoms with E-state index in [1.54, 1.807) is 0 Å². The molecular weight excluding hydrogens is 228 g/mol. The van der Waals surface area contributed by atoms with Crippen LogP contribution in [0.15, 0.2) is 0 Å². The van der Waals surface area contributed by atoms with Crippen molar-refractivity contribution >= 4 is 5.91 Å². The number of nitrogens with one attached hydrogen (secondary N) is 1. The molecule has 0 unspecified atom stereocenters. The van der Waals surface area contributed by atoms with Crippen molar-refractivity contribution in [2.45, 2.75) is 70.4 Å². The fourth-order valence-corrected chi connectivity index (χ4v) is 2.26. The van der Waals surface area contributed by atoms with Crippen LogP contribution in [0.5, 0.6) is 0 Å². The van der Waals surface area contributed by atoms with E-state index in [0.29, 0.717) is 25.3 Å². The summed E-state index contributed by atoms with van der Waals surface area (Å²) in [5.74, 6) is 0.680. The summed E-state index contributed by atoms with van der Waals surface area (Å²) in [5.41, 5.74) is 4.83. The Morgan fingerprint density at radius 3 is 2.50 bits per heavy atom. The van der Waals surface area contributed by atoms with Gasteiger partial charge in [-0.3, -0.25) is 4.79 Å². The van der Waals surface area contributed by atoms with Gasteiger partial charge in [-0.15, -0.1) is 0 Å². The van der Waals surface area contributed by atoms with E-state index in [9.17, 15) is 9.90 Å². The Hall–Kier alpha value is -0.610. The molecule has 1 aliphatic rings. The Labute approximate surface area is 110 Å². The van der Waals surface area contributed by atoms with Crippen molar-refractivity contribution < 1.29 is 9.90 Å². The maximum Gasteiger partial charge on any atom is 0.220 e. The molecule has 1 aliphatic carbocycles. The summed E-state index contributed by atoms with van der Waals surface area (Å²) in [6.45, 7) is 6.41. The molecule has 0 aliphatic heterocycles. The molecule has 1 rings (SSSR count). The maximum absolute atomic E-state index is 11.7. The number of carbonyl (C=O) groups excluding carboxylic acids is 1. The van der Waals surface area contributed by atoms with Gasteiger partial charge in [-0.2, -0.15) is 0 Å². The van der Waals surface area contributed by atoms with Gasteiger partial charge in [-0.05, 0) is 51.9 Å². The lowest BCUT2D eigenvalue weighted by molar-refractivity contribution is -0.123. The second kappa shape index (κ2) is 6.02. The lowest BCUT2D eigenvalue weighted by Gasteiger charge is -2.35. The number of carbonyl (C=O) groups is 1. The first kappa shape index (κ1) is 15.4. The van der Waals surface area contributed by atoms with Crippen LogP contribution in [-0.4, -0.2) is 28.7 Å². The lowest BCUT2D eigenvalue weighted by atomic mass is 9.79. The molecular formula is C14H28N2O2. The Balaban J connectivity index is 2.25. The zero-order valence-corrected chi connectivity index (χ0v) is 12.0. The molecule has 1 fully saturated rings. The molecule has 4 heteroatoms. The number of nitrogens with two attached hydrogens (primary N) is 1. The van der Waals surface area contributed by atoms with Crippen LogP contribution in [0.2, 0.25) is 0 Å². The van der Waals surface area contributed by atoms with Crippen molar-refractivity contribution in [3.05, 3.63) is 0 Å². The number of rotatable bonds is 5. The van der Waals surface area contributed by atoms with E-state index in [2.05, 4.69) is 12.2 Å². The van der Waals surface area contributed by atoms with E-state index in [0.717, 1.165) is 25.7 Å².